The van der Waals surface area contributed by atoms with Crippen LogP contribution in [0.1, 0.15) is 35.4 Å². The van der Waals surface area contributed by atoms with E-state index in [-0.39, 0.29) is 11.5 Å². The van der Waals surface area contributed by atoms with Crippen LogP contribution in [-0.4, -0.2) is 19.9 Å². The number of hydrogen-bond acceptors (Lipinski definition) is 3. The maximum atomic E-state index is 12.1. The summed E-state index contributed by atoms with van der Waals surface area (Å²) in [5.41, 5.74) is 5.23. The first-order valence-electron chi connectivity index (χ1n) is 8.32. The molecule has 5 heteroatoms. The van der Waals surface area contributed by atoms with Gasteiger partial charge in [-0.3, -0.25) is 4.79 Å². The SMILES string of the molecule is CCc1nc2ccc(C(c3ccccc3)c3cnc[nH]3)cc2[nH]c1=O. The molecule has 0 aliphatic rings. The van der Waals surface area contributed by atoms with Crippen molar-refractivity contribution in [2.75, 3.05) is 0 Å². The summed E-state index contributed by atoms with van der Waals surface area (Å²) < 4.78 is 0. The van der Waals surface area contributed by atoms with E-state index in [9.17, 15) is 4.79 Å². The van der Waals surface area contributed by atoms with E-state index in [4.69, 9.17) is 0 Å². The minimum Gasteiger partial charge on any atom is -0.348 e. The van der Waals surface area contributed by atoms with Crippen LogP contribution < -0.4 is 5.56 Å². The summed E-state index contributed by atoms with van der Waals surface area (Å²) in [6.45, 7) is 1.93. The molecule has 2 aromatic heterocycles. The van der Waals surface area contributed by atoms with Crippen molar-refractivity contribution in [3.05, 3.63) is 93.9 Å². The van der Waals surface area contributed by atoms with Crippen molar-refractivity contribution in [1.82, 2.24) is 19.9 Å². The van der Waals surface area contributed by atoms with Crippen LogP contribution >= 0.6 is 0 Å². The number of H-pyrrole nitrogens is 2. The van der Waals surface area contributed by atoms with Gasteiger partial charge < -0.3 is 9.97 Å². The van der Waals surface area contributed by atoms with Crippen molar-refractivity contribution >= 4 is 11.0 Å². The van der Waals surface area contributed by atoms with Crippen LogP contribution in [0.5, 0.6) is 0 Å². The summed E-state index contributed by atoms with van der Waals surface area (Å²) in [5.74, 6) is 0.0162. The molecule has 0 bridgehead atoms. The lowest BCUT2D eigenvalue weighted by Crippen LogP contribution is -2.14. The van der Waals surface area contributed by atoms with Crippen molar-refractivity contribution in [2.45, 2.75) is 19.3 Å². The smallest absolute Gasteiger partial charge is 0.270 e. The molecule has 2 heterocycles. The van der Waals surface area contributed by atoms with E-state index >= 15 is 0 Å². The predicted octanol–water partition coefficient (Wildman–Crippen LogP) is 3.39. The van der Waals surface area contributed by atoms with Gasteiger partial charge in [0.2, 0.25) is 0 Å². The summed E-state index contributed by atoms with van der Waals surface area (Å²) in [6.07, 6.45) is 4.14. The van der Waals surface area contributed by atoms with Crippen LogP contribution in [0.15, 0.2) is 65.8 Å². The first-order valence-corrected chi connectivity index (χ1v) is 8.32. The molecule has 0 aliphatic carbocycles. The van der Waals surface area contributed by atoms with Gasteiger partial charge in [-0.1, -0.05) is 43.3 Å². The van der Waals surface area contributed by atoms with E-state index in [1.165, 1.54) is 0 Å². The summed E-state index contributed by atoms with van der Waals surface area (Å²) in [7, 11) is 0. The Bertz CT molecular complexity index is 1050. The molecule has 124 valence electrons. The van der Waals surface area contributed by atoms with Gasteiger partial charge in [0.05, 0.1) is 23.3 Å². The minimum absolute atomic E-state index is 0.0162. The molecule has 0 aliphatic heterocycles. The average molecular weight is 330 g/mol. The molecule has 0 spiro atoms. The van der Waals surface area contributed by atoms with Crippen molar-refractivity contribution in [3.8, 4) is 0 Å². The first kappa shape index (κ1) is 15.3. The fraction of sp³-hybridized carbons (Fsp3) is 0.150. The maximum absolute atomic E-state index is 12.1. The van der Waals surface area contributed by atoms with Gasteiger partial charge in [0.25, 0.3) is 5.56 Å². The van der Waals surface area contributed by atoms with Gasteiger partial charge in [-0.15, -0.1) is 0 Å². The Morgan fingerprint density at radius 1 is 1.08 bits per heavy atom. The Hall–Kier alpha value is -3.21. The molecule has 5 nitrogen and oxygen atoms in total. The normalized spacial score (nSPS) is 12.4. The third-order valence-corrected chi connectivity index (χ3v) is 4.42. The van der Waals surface area contributed by atoms with Crippen molar-refractivity contribution in [2.24, 2.45) is 0 Å². The fourth-order valence-corrected chi connectivity index (χ4v) is 3.18. The second kappa shape index (κ2) is 6.36. The Kier molecular flexibility index (Phi) is 3.90. The number of nitrogens with zero attached hydrogens (tertiary/aromatic N) is 2. The third kappa shape index (κ3) is 2.85. The van der Waals surface area contributed by atoms with Crippen molar-refractivity contribution in [1.29, 1.82) is 0 Å². The molecule has 4 aromatic rings. The van der Waals surface area contributed by atoms with Gasteiger partial charge >= 0.3 is 0 Å². The van der Waals surface area contributed by atoms with Gasteiger partial charge in [0.15, 0.2) is 0 Å². The molecule has 4 rings (SSSR count). The Morgan fingerprint density at radius 3 is 2.64 bits per heavy atom. The molecule has 1 unspecified atom stereocenters. The predicted molar refractivity (Wildman–Crippen MR) is 97.7 cm³/mol. The highest BCUT2D eigenvalue weighted by Gasteiger charge is 2.18. The summed E-state index contributed by atoms with van der Waals surface area (Å²) >= 11 is 0. The van der Waals surface area contributed by atoms with Gasteiger partial charge in [-0.05, 0) is 29.7 Å². The lowest BCUT2D eigenvalue weighted by atomic mass is 9.88. The highest BCUT2D eigenvalue weighted by atomic mass is 16.1. The molecule has 2 aromatic carbocycles. The second-order valence-corrected chi connectivity index (χ2v) is 5.99. The molecule has 0 amide bonds. The molecular weight excluding hydrogens is 312 g/mol. The second-order valence-electron chi connectivity index (χ2n) is 5.99. The number of aromatic nitrogens is 4. The molecule has 0 saturated carbocycles. The fourth-order valence-electron chi connectivity index (χ4n) is 3.18. The topological polar surface area (TPSA) is 74.4 Å². The quantitative estimate of drug-likeness (QED) is 0.602. The lowest BCUT2D eigenvalue weighted by molar-refractivity contribution is 0.932. The Morgan fingerprint density at radius 2 is 1.92 bits per heavy atom. The minimum atomic E-state index is -0.120. The zero-order chi connectivity index (χ0) is 17.2. The summed E-state index contributed by atoms with van der Waals surface area (Å²) in [6, 6.07) is 16.3. The van der Waals surface area contributed by atoms with E-state index in [1.54, 1.807) is 6.33 Å². The Balaban J connectivity index is 1.89. The van der Waals surface area contributed by atoms with E-state index in [2.05, 4.69) is 38.1 Å². The van der Waals surface area contributed by atoms with E-state index < -0.39 is 0 Å². The van der Waals surface area contributed by atoms with Crippen molar-refractivity contribution < 1.29 is 0 Å². The molecule has 0 fully saturated rings. The van der Waals surface area contributed by atoms with Crippen LogP contribution in [0.4, 0.5) is 0 Å². The number of rotatable bonds is 4. The van der Waals surface area contributed by atoms with Crippen LogP contribution in [0, 0.1) is 0 Å². The van der Waals surface area contributed by atoms with E-state index in [0.717, 1.165) is 27.9 Å². The molecule has 2 N–H and O–H groups in total. The van der Waals surface area contributed by atoms with E-state index in [1.807, 2.05) is 43.5 Å². The highest BCUT2D eigenvalue weighted by Crippen LogP contribution is 2.31. The number of benzene rings is 2. The van der Waals surface area contributed by atoms with Gasteiger partial charge in [-0.25, -0.2) is 9.97 Å². The van der Waals surface area contributed by atoms with Gasteiger partial charge in [0.1, 0.15) is 5.69 Å². The number of aryl methyl sites for hydroxylation is 1. The van der Waals surface area contributed by atoms with Crippen LogP contribution in [0.3, 0.4) is 0 Å². The van der Waals surface area contributed by atoms with Crippen LogP contribution in [0.2, 0.25) is 0 Å². The van der Waals surface area contributed by atoms with Crippen molar-refractivity contribution in [3.63, 3.8) is 0 Å². The van der Waals surface area contributed by atoms with E-state index in [0.29, 0.717) is 12.1 Å². The number of nitrogens with one attached hydrogen (secondary N) is 2. The number of aromatic amines is 2. The first-order chi connectivity index (χ1) is 12.3. The Labute approximate surface area is 144 Å². The average Bonchev–Trinajstić information content (AvgIpc) is 3.16. The number of imidazole rings is 1. The molecule has 0 saturated heterocycles. The van der Waals surface area contributed by atoms with Gasteiger partial charge in [0, 0.05) is 11.9 Å². The molecular formula is C20H18N4O. The largest absolute Gasteiger partial charge is 0.348 e. The molecule has 25 heavy (non-hydrogen) atoms. The summed E-state index contributed by atoms with van der Waals surface area (Å²) in [4.78, 5) is 26.9. The number of fused-ring (bicyclic) bond motifs is 1. The monoisotopic (exact) mass is 330 g/mol. The zero-order valence-electron chi connectivity index (χ0n) is 13.9. The van der Waals surface area contributed by atoms with Gasteiger partial charge in [-0.2, -0.15) is 0 Å². The molecule has 1 atom stereocenters. The highest BCUT2D eigenvalue weighted by molar-refractivity contribution is 5.75. The zero-order valence-corrected chi connectivity index (χ0v) is 13.9. The number of hydrogen-bond donors (Lipinski definition) is 2. The lowest BCUT2D eigenvalue weighted by Gasteiger charge is -2.17. The molecule has 0 radical (unpaired) electrons. The van der Waals surface area contributed by atoms with Crippen LogP contribution in [-0.2, 0) is 6.42 Å². The third-order valence-electron chi connectivity index (χ3n) is 4.42. The standard InChI is InChI=1S/C20H18N4O/c1-2-15-20(25)24-17-10-14(8-9-16(17)23-15)19(18-11-21-12-22-18)13-6-4-3-5-7-13/h3-12,19H,2H2,1H3,(H,21,22)(H,24,25). The van der Waals surface area contributed by atoms with Crippen LogP contribution in [0.25, 0.3) is 11.0 Å². The summed E-state index contributed by atoms with van der Waals surface area (Å²) in [5, 5.41) is 0. The maximum Gasteiger partial charge on any atom is 0.270 e.